The SMILES string of the molecule is C=CCCC1CCC(c2ccc(-c3ccc(COCC=C)c(F)c3)cc2)CC1. The first-order chi connectivity index (χ1) is 13.7. The number of benzene rings is 2. The van der Waals surface area contributed by atoms with Gasteiger partial charge in [0.2, 0.25) is 0 Å². The van der Waals surface area contributed by atoms with E-state index in [2.05, 4.69) is 37.4 Å². The summed E-state index contributed by atoms with van der Waals surface area (Å²) in [7, 11) is 0. The molecule has 1 fully saturated rings. The molecular formula is C26H31FO. The van der Waals surface area contributed by atoms with E-state index in [-0.39, 0.29) is 12.4 Å². The van der Waals surface area contributed by atoms with Crippen LogP contribution in [0.3, 0.4) is 0 Å². The van der Waals surface area contributed by atoms with Gasteiger partial charge in [-0.15, -0.1) is 13.2 Å². The number of rotatable bonds is 9. The van der Waals surface area contributed by atoms with Crippen molar-refractivity contribution >= 4 is 0 Å². The minimum Gasteiger partial charge on any atom is -0.373 e. The van der Waals surface area contributed by atoms with Gasteiger partial charge in [-0.05, 0) is 73.1 Å². The monoisotopic (exact) mass is 378 g/mol. The second-order valence-electron chi connectivity index (χ2n) is 7.82. The molecule has 0 heterocycles. The Hall–Kier alpha value is -2.19. The zero-order chi connectivity index (χ0) is 19.8. The first-order valence-electron chi connectivity index (χ1n) is 10.4. The lowest BCUT2D eigenvalue weighted by atomic mass is 9.77. The summed E-state index contributed by atoms with van der Waals surface area (Å²) in [5.74, 6) is 1.31. The number of hydrogen-bond donors (Lipinski definition) is 0. The molecule has 1 aliphatic rings. The molecule has 28 heavy (non-hydrogen) atoms. The van der Waals surface area contributed by atoms with Gasteiger partial charge in [0, 0.05) is 5.56 Å². The molecular weight excluding hydrogens is 347 g/mol. The smallest absolute Gasteiger partial charge is 0.129 e. The number of ether oxygens (including phenoxy) is 1. The molecule has 0 spiro atoms. The lowest BCUT2D eigenvalue weighted by Crippen LogP contribution is -2.13. The van der Waals surface area contributed by atoms with Crippen LogP contribution in [-0.4, -0.2) is 6.61 Å². The van der Waals surface area contributed by atoms with Gasteiger partial charge < -0.3 is 4.74 Å². The third kappa shape index (κ3) is 5.42. The van der Waals surface area contributed by atoms with Crippen molar-refractivity contribution in [1.29, 1.82) is 0 Å². The highest BCUT2D eigenvalue weighted by molar-refractivity contribution is 5.64. The van der Waals surface area contributed by atoms with Gasteiger partial charge in [0.25, 0.3) is 0 Å². The van der Waals surface area contributed by atoms with Crippen LogP contribution in [0.5, 0.6) is 0 Å². The molecule has 1 aliphatic carbocycles. The van der Waals surface area contributed by atoms with Crippen molar-refractivity contribution in [2.45, 2.75) is 51.0 Å². The van der Waals surface area contributed by atoms with E-state index in [9.17, 15) is 4.39 Å². The molecule has 0 bridgehead atoms. The van der Waals surface area contributed by atoms with E-state index in [4.69, 9.17) is 4.74 Å². The fraction of sp³-hybridized carbons (Fsp3) is 0.385. The summed E-state index contributed by atoms with van der Waals surface area (Å²) in [6.07, 6.45) is 11.3. The van der Waals surface area contributed by atoms with E-state index >= 15 is 0 Å². The van der Waals surface area contributed by atoms with Crippen molar-refractivity contribution in [2.24, 2.45) is 5.92 Å². The summed E-state index contributed by atoms with van der Waals surface area (Å²) in [6.45, 7) is 8.14. The molecule has 3 rings (SSSR count). The molecule has 2 aromatic carbocycles. The maximum Gasteiger partial charge on any atom is 0.129 e. The normalized spacial score (nSPS) is 19.3. The fourth-order valence-electron chi connectivity index (χ4n) is 4.18. The van der Waals surface area contributed by atoms with Gasteiger partial charge in [-0.2, -0.15) is 0 Å². The highest BCUT2D eigenvalue weighted by Crippen LogP contribution is 2.38. The standard InChI is InChI=1S/C26H31FO/c1-3-5-6-20-7-9-21(10-8-20)22-11-13-23(14-12-22)24-15-16-25(26(27)18-24)19-28-17-4-2/h3-4,11-16,18,20-21H,1-2,5-10,17,19H2. The Labute approximate surface area is 168 Å². The predicted molar refractivity (Wildman–Crippen MR) is 116 cm³/mol. The quantitative estimate of drug-likeness (QED) is 0.325. The van der Waals surface area contributed by atoms with Crippen LogP contribution in [0.1, 0.15) is 55.6 Å². The molecule has 0 aliphatic heterocycles. The summed E-state index contributed by atoms with van der Waals surface area (Å²) in [6, 6.07) is 14.1. The van der Waals surface area contributed by atoms with Crippen LogP contribution in [0.4, 0.5) is 4.39 Å². The molecule has 2 aromatic rings. The first kappa shape index (κ1) is 20.5. The van der Waals surface area contributed by atoms with Crippen LogP contribution in [0.15, 0.2) is 67.8 Å². The van der Waals surface area contributed by atoms with E-state index in [1.807, 2.05) is 18.2 Å². The zero-order valence-electron chi connectivity index (χ0n) is 16.7. The Morgan fingerprint density at radius 3 is 2.29 bits per heavy atom. The van der Waals surface area contributed by atoms with Crippen molar-refractivity contribution < 1.29 is 9.13 Å². The Morgan fingerprint density at radius 1 is 0.929 bits per heavy atom. The van der Waals surface area contributed by atoms with Crippen LogP contribution < -0.4 is 0 Å². The van der Waals surface area contributed by atoms with Crippen LogP contribution in [0, 0.1) is 11.7 Å². The van der Waals surface area contributed by atoms with E-state index in [1.165, 1.54) is 37.7 Å². The fourth-order valence-corrected chi connectivity index (χ4v) is 4.18. The molecule has 2 heteroatoms. The van der Waals surface area contributed by atoms with Gasteiger partial charge >= 0.3 is 0 Å². The minimum absolute atomic E-state index is 0.219. The van der Waals surface area contributed by atoms with Gasteiger partial charge in [0.1, 0.15) is 5.82 Å². The Morgan fingerprint density at radius 2 is 1.64 bits per heavy atom. The van der Waals surface area contributed by atoms with Crippen molar-refractivity contribution in [3.8, 4) is 11.1 Å². The minimum atomic E-state index is -0.219. The molecule has 1 nitrogen and oxygen atoms in total. The lowest BCUT2D eigenvalue weighted by molar-refractivity contribution is 0.146. The maximum absolute atomic E-state index is 14.3. The van der Waals surface area contributed by atoms with E-state index in [0.29, 0.717) is 18.1 Å². The third-order valence-corrected chi connectivity index (χ3v) is 5.89. The van der Waals surface area contributed by atoms with Crippen molar-refractivity contribution in [3.05, 3.63) is 84.7 Å². The summed E-state index contributed by atoms with van der Waals surface area (Å²) in [4.78, 5) is 0. The van der Waals surface area contributed by atoms with Gasteiger partial charge in [0.05, 0.1) is 13.2 Å². The van der Waals surface area contributed by atoms with Crippen LogP contribution >= 0.6 is 0 Å². The molecule has 0 radical (unpaired) electrons. The van der Waals surface area contributed by atoms with E-state index in [0.717, 1.165) is 23.5 Å². The molecule has 0 amide bonds. The zero-order valence-corrected chi connectivity index (χ0v) is 16.7. The Kier molecular flexibility index (Phi) is 7.62. The van der Waals surface area contributed by atoms with Crippen molar-refractivity contribution in [2.75, 3.05) is 6.61 Å². The average Bonchev–Trinajstić information content (AvgIpc) is 2.74. The molecule has 0 atom stereocenters. The van der Waals surface area contributed by atoms with Gasteiger partial charge in [-0.3, -0.25) is 0 Å². The molecule has 0 unspecified atom stereocenters. The van der Waals surface area contributed by atoms with Crippen molar-refractivity contribution in [3.63, 3.8) is 0 Å². The number of allylic oxidation sites excluding steroid dienone is 1. The summed E-state index contributed by atoms with van der Waals surface area (Å²) < 4.78 is 19.7. The molecule has 148 valence electrons. The van der Waals surface area contributed by atoms with Crippen LogP contribution in [0.25, 0.3) is 11.1 Å². The summed E-state index contributed by atoms with van der Waals surface area (Å²) >= 11 is 0. The van der Waals surface area contributed by atoms with Gasteiger partial charge in [0.15, 0.2) is 0 Å². The molecule has 0 saturated heterocycles. The van der Waals surface area contributed by atoms with E-state index in [1.54, 1.807) is 12.1 Å². The van der Waals surface area contributed by atoms with Crippen LogP contribution in [0.2, 0.25) is 0 Å². The molecule has 1 saturated carbocycles. The average molecular weight is 379 g/mol. The Bertz CT molecular complexity index is 770. The van der Waals surface area contributed by atoms with E-state index < -0.39 is 0 Å². The van der Waals surface area contributed by atoms with Gasteiger partial charge in [-0.1, -0.05) is 48.6 Å². The summed E-state index contributed by atoms with van der Waals surface area (Å²) in [5, 5.41) is 0. The highest BCUT2D eigenvalue weighted by atomic mass is 19.1. The van der Waals surface area contributed by atoms with Crippen LogP contribution in [-0.2, 0) is 11.3 Å². The second-order valence-corrected chi connectivity index (χ2v) is 7.82. The first-order valence-corrected chi connectivity index (χ1v) is 10.4. The summed E-state index contributed by atoms with van der Waals surface area (Å²) in [5.41, 5.74) is 3.96. The lowest BCUT2D eigenvalue weighted by Gasteiger charge is -2.28. The van der Waals surface area contributed by atoms with Gasteiger partial charge in [-0.25, -0.2) is 4.39 Å². The largest absolute Gasteiger partial charge is 0.373 e. The number of hydrogen-bond acceptors (Lipinski definition) is 1. The maximum atomic E-state index is 14.3. The Balaban J connectivity index is 1.61. The predicted octanol–water partition coefficient (Wildman–Crippen LogP) is 7.44. The third-order valence-electron chi connectivity index (χ3n) is 5.89. The highest BCUT2D eigenvalue weighted by Gasteiger charge is 2.21. The topological polar surface area (TPSA) is 9.23 Å². The molecule has 0 aromatic heterocycles. The number of halogens is 1. The second kappa shape index (κ2) is 10.4. The van der Waals surface area contributed by atoms with Crippen molar-refractivity contribution in [1.82, 2.24) is 0 Å². The molecule has 0 N–H and O–H groups in total.